The predicted molar refractivity (Wildman–Crippen MR) is 106 cm³/mol. The Bertz CT molecular complexity index is 965. The first-order chi connectivity index (χ1) is 13.3. The lowest BCUT2D eigenvalue weighted by Gasteiger charge is -2.34. The molecule has 0 radical (unpaired) electrons. The summed E-state index contributed by atoms with van der Waals surface area (Å²) in [5, 5.41) is 13.0. The van der Waals surface area contributed by atoms with Crippen molar-refractivity contribution >= 4 is 33.0 Å². The average molecular weight is 424 g/mol. The van der Waals surface area contributed by atoms with E-state index in [1.54, 1.807) is 23.2 Å². The molecule has 1 fully saturated rings. The maximum Gasteiger partial charge on any atom is 0.270 e. The molecule has 0 atom stereocenters. The lowest BCUT2D eigenvalue weighted by Crippen LogP contribution is -2.50. The number of piperazine rings is 1. The number of sulfonamides is 1. The Morgan fingerprint density at radius 2 is 1.93 bits per heavy atom. The van der Waals surface area contributed by atoms with Gasteiger partial charge in [0.15, 0.2) is 0 Å². The third kappa shape index (κ3) is 4.40. The van der Waals surface area contributed by atoms with Crippen molar-refractivity contribution in [2.45, 2.75) is 24.7 Å². The molecule has 1 aromatic carbocycles. The molecule has 1 aliphatic heterocycles. The summed E-state index contributed by atoms with van der Waals surface area (Å²) in [6.45, 7) is 2.60. The van der Waals surface area contributed by atoms with Gasteiger partial charge in [0, 0.05) is 49.6 Å². The van der Waals surface area contributed by atoms with Gasteiger partial charge in [-0.25, -0.2) is 8.42 Å². The van der Waals surface area contributed by atoms with E-state index in [4.69, 9.17) is 0 Å². The molecule has 150 valence electrons. The van der Waals surface area contributed by atoms with Crippen LogP contribution in [0.2, 0.25) is 0 Å². The maximum absolute atomic E-state index is 12.9. The quantitative estimate of drug-likeness (QED) is 0.525. The Balaban J connectivity index is 1.64. The molecule has 1 saturated heterocycles. The van der Waals surface area contributed by atoms with Gasteiger partial charge in [0.05, 0.1) is 9.82 Å². The van der Waals surface area contributed by atoms with E-state index in [1.807, 2.05) is 17.5 Å². The molecule has 10 heteroatoms. The standard InChI is InChI=1S/C18H21N3O5S2/c1-14-4-5-15(21(23)24)13-17(14)28(25,26)20-10-8-19(9-11-20)18(22)7-6-16-3-2-12-27-16/h2-5,12-13H,6-11H2,1H3. The largest absolute Gasteiger partial charge is 0.340 e. The zero-order valence-corrected chi connectivity index (χ0v) is 17.0. The van der Waals surface area contributed by atoms with Crippen LogP contribution in [0.25, 0.3) is 0 Å². The molecule has 0 aliphatic carbocycles. The lowest BCUT2D eigenvalue weighted by atomic mass is 10.2. The van der Waals surface area contributed by atoms with E-state index >= 15 is 0 Å². The van der Waals surface area contributed by atoms with Crippen molar-refractivity contribution < 1.29 is 18.1 Å². The highest BCUT2D eigenvalue weighted by atomic mass is 32.2. The summed E-state index contributed by atoms with van der Waals surface area (Å²) in [6.07, 6.45) is 1.08. The van der Waals surface area contributed by atoms with Crippen LogP contribution in [-0.2, 0) is 21.2 Å². The van der Waals surface area contributed by atoms with Crippen LogP contribution < -0.4 is 0 Å². The first-order valence-corrected chi connectivity index (χ1v) is 11.2. The minimum atomic E-state index is -3.85. The minimum Gasteiger partial charge on any atom is -0.340 e. The molecule has 2 aromatic rings. The van der Waals surface area contributed by atoms with E-state index < -0.39 is 14.9 Å². The van der Waals surface area contributed by atoms with Crippen LogP contribution in [0.15, 0.2) is 40.6 Å². The number of hydrogen-bond donors (Lipinski definition) is 0. The molecule has 1 aromatic heterocycles. The number of thiophene rings is 1. The summed E-state index contributed by atoms with van der Waals surface area (Å²) >= 11 is 1.61. The van der Waals surface area contributed by atoms with E-state index in [9.17, 15) is 23.3 Å². The van der Waals surface area contributed by atoms with Gasteiger partial charge in [-0.15, -0.1) is 11.3 Å². The molecular weight excluding hydrogens is 402 g/mol. The second-order valence-electron chi connectivity index (χ2n) is 6.57. The third-order valence-electron chi connectivity index (χ3n) is 4.76. The number of carbonyl (C=O) groups excluding carboxylic acids is 1. The highest BCUT2D eigenvalue weighted by Gasteiger charge is 2.32. The van der Waals surface area contributed by atoms with Crippen LogP contribution in [0, 0.1) is 17.0 Å². The van der Waals surface area contributed by atoms with Gasteiger partial charge in [0.2, 0.25) is 15.9 Å². The van der Waals surface area contributed by atoms with Gasteiger partial charge in [-0.1, -0.05) is 12.1 Å². The number of amides is 1. The van der Waals surface area contributed by atoms with Crippen LogP contribution in [0.5, 0.6) is 0 Å². The summed E-state index contributed by atoms with van der Waals surface area (Å²) < 4.78 is 27.2. The molecule has 0 N–H and O–H groups in total. The van der Waals surface area contributed by atoms with Crippen LogP contribution in [0.1, 0.15) is 16.9 Å². The summed E-state index contributed by atoms with van der Waals surface area (Å²) in [6, 6.07) is 7.77. The fraction of sp³-hybridized carbons (Fsp3) is 0.389. The Kier molecular flexibility index (Phi) is 6.11. The van der Waals surface area contributed by atoms with Crippen molar-refractivity contribution in [1.29, 1.82) is 0 Å². The number of nitrogens with zero attached hydrogens (tertiary/aromatic N) is 3. The SMILES string of the molecule is Cc1ccc([N+](=O)[O-])cc1S(=O)(=O)N1CCN(C(=O)CCc2cccs2)CC1. The number of rotatable bonds is 6. The van der Waals surface area contributed by atoms with Gasteiger partial charge in [0.1, 0.15) is 0 Å². The molecule has 8 nitrogen and oxygen atoms in total. The highest BCUT2D eigenvalue weighted by Crippen LogP contribution is 2.25. The molecule has 28 heavy (non-hydrogen) atoms. The average Bonchev–Trinajstić information content (AvgIpc) is 3.20. The summed E-state index contributed by atoms with van der Waals surface area (Å²) in [7, 11) is -3.85. The maximum atomic E-state index is 12.9. The number of hydrogen-bond acceptors (Lipinski definition) is 6. The molecule has 0 spiro atoms. The second-order valence-corrected chi connectivity index (χ2v) is 9.51. The number of aryl methyl sites for hydroxylation is 2. The fourth-order valence-electron chi connectivity index (χ4n) is 3.14. The molecule has 1 aliphatic rings. The minimum absolute atomic E-state index is 0.0111. The topological polar surface area (TPSA) is 101 Å². The van der Waals surface area contributed by atoms with Crippen molar-refractivity contribution in [3.05, 3.63) is 56.3 Å². The first kappa shape index (κ1) is 20.4. The van der Waals surface area contributed by atoms with Crippen molar-refractivity contribution in [2.75, 3.05) is 26.2 Å². The molecule has 0 unspecified atom stereocenters. The van der Waals surface area contributed by atoms with Gasteiger partial charge in [-0.3, -0.25) is 14.9 Å². The number of benzene rings is 1. The van der Waals surface area contributed by atoms with Crippen LogP contribution in [0.4, 0.5) is 5.69 Å². The van der Waals surface area contributed by atoms with E-state index in [1.165, 1.54) is 16.4 Å². The Morgan fingerprint density at radius 1 is 1.21 bits per heavy atom. The van der Waals surface area contributed by atoms with Gasteiger partial charge in [-0.05, 0) is 30.4 Å². The molecule has 0 saturated carbocycles. The molecule has 2 heterocycles. The monoisotopic (exact) mass is 423 g/mol. The van der Waals surface area contributed by atoms with E-state index in [0.29, 0.717) is 31.5 Å². The van der Waals surface area contributed by atoms with Gasteiger partial charge in [-0.2, -0.15) is 4.31 Å². The summed E-state index contributed by atoms with van der Waals surface area (Å²) in [4.78, 5) is 25.5. The molecule has 0 bridgehead atoms. The van der Waals surface area contributed by atoms with Crippen molar-refractivity contribution in [3.63, 3.8) is 0 Å². The number of non-ortho nitro benzene ring substituents is 1. The van der Waals surface area contributed by atoms with Gasteiger partial charge in [0.25, 0.3) is 5.69 Å². The first-order valence-electron chi connectivity index (χ1n) is 8.84. The number of nitro groups is 1. The molecular formula is C18H21N3O5S2. The van der Waals surface area contributed by atoms with Crippen molar-refractivity contribution in [3.8, 4) is 0 Å². The van der Waals surface area contributed by atoms with Crippen LogP contribution >= 0.6 is 11.3 Å². The zero-order chi connectivity index (χ0) is 20.3. The zero-order valence-electron chi connectivity index (χ0n) is 15.4. The van der Waals surface area contributed by atoms with Gasteiger partial charge < -0.3 is 4.90 Å². The Hall–Kier alpha value is -2.30. The van der Waals surface area contributed by atoms with E-state index in [0.717, 1.165) is 10.9 Å². The number of carbonyl (C=O) groups is 1. The second kappa shape index (κ2) is 8.38. The lowest BCUT2D eigenvalue weighted by molar-refractivity contribution is -0.385. The van der Waals surface area contributed by atoms with Crippen molar-refractivity contribution in [2.24, 2.45) is 0 Å². The molecule has 3 rings (SSSR count). The fourth-order valence-corrected chi connectivity index (χ4v) is 5.52. The number of nitro benzene ring substituents is 1. The predicted octanol–water partition coefficient (Wildman–Crippen LogP) is 2.43. The van der Waals surface area contributed by atoms with E-state index in [2.05, 4.69) is 0 Å². The van der Waals surface area contributed by atoms with Crippen molar-refractivity contribution in [1.82, 2.24) is 9.21 Å². The normalized spacial score (nSPS) is 15.5. The van der Waals surface area contributed by atoms with E-state index in [-0.39, 0.29) is 29.6 Å². The molecule has 1 amide bonds. The third-order valence-corrected chi connectivity index (χ3v) is 7.73. The van der Waals surface area contributed by atoms with Gasteiger partial charge >= 0.3 is 0 Å². The summed E-state index contributed by atoms with van der Waals surface area (Å²) in [5.41, 5.74) is 0.201. The van der Waals surface area contributed by atoms with Crippen LogP contribution in [0.3, 0.4) is 0 Å². The highest BCUT2D eigenvalue weighted by molar-refractivity contribution is 7.89. The van der Waals surface area contributed by atoms with Crippen LogP contribution in [-0.4, -0.2) is 54.6 Å². The Morgan fingerprint density at radius 3 is 2.54 bits per heavy atom. The smallest absolute Gasteiger partial charge is 0.270 e. The Labute approximate surface area is 167 Å². The summed E-state index contributed by atoms with van der Waals surface area (Å²) in [5.74, 6) is 0.0111.